The first kappa shape index (κ1) is 17.7. The van der Waals surface area contributed by atoms with Gasteiger partial charge >= 0.3 is 0 Å². The van der Waals surface area contributed by atoms with Gasteiger partial charge in [-0.05, 0) is 53.6 Å². The molecule has 0 fully saturated rings. The van der Waals surface area contributed by atoms with E-state index in [4.69, 9.17) is 0 Å². The topological polar surface area (TPSA) is 0 Å². The summed E-state index contributed by atoms with van der Waals surface area (Å²) in [5, 5.41) is 0. The lowest BCUT2D eigenvalue weighted by Crippen LogP contribution is -2.04. The molecule has 0 N–H and O–H groups in total. The molecular formula is C20H5F5. The molecular weight excluding hydrogens is 335 g/mol. The van der Waals surface area contributed by atoms with Crippen molar-refractivity contribution in [2.45, 2.75) is 0 Å². The zero-order chi connectivity index (χ0) is 18.2. The van der Waals surface area contributed by atoms with Crippen LogP contribution < -0.4 is 0 Å². The Labute approximate surface area is 140 Å². The lowest BCUT2D eigenvalue weighted by atomic mass is 10.1. The molecule has 2 rings (SSSR count). The van der Waals surface area contributed by atoms with Crippen molar-refractivity contribution in [1.82, 2.24) is 0 Å². The van der Waals surface area contributed by atoms with E-state index in [1.807, 2.05) is 24.1 Å². The van der Waals surface area contributed by atoms with Gasteiger partial charge in [0.05, 0.1) is 0 Å². The SMILES string of the molecule is Fc1c(F)c(F)c(C#CC#CC#CC#Cc2ccccc2)c(F)c1F. The second-order valence-corrected chi connectivity index (χ2v) is 4.31. The van der Waals surface area contributed by atoms with Crippen molar-refractivity contribution in [3.05, 3.63) is 70.5 Å². The minimum Gasteiger partial charge on any atom is -0.202 e. The molecule has 0 saturated carbocycles. The van der Waals surface area contributed by atoms with Gasteiger partial charge in [-0.25, -0.2) is 22.0 Å². The van der Waals surface area contributed by atoms with E-state index in [1.54, 1.807) is 18.1 Å². The summed E-state index contributed by atoms with van der Waals surface area (Å²) in [6.07, 6.45) is 0. The lowest BCUT2D eigenvalue weighted by molar-refractivity contribution is 0.376. The van der Waals surface area contributed by atoms with Crippen molar-refractivity contribution in [2.24, 2.45) is 0 Å². The van der Waals surface area contributed by atoms with Gasteiger partial charge in [0.15, 0.2) is 23.3 Å². The molecule has 0 saturated heterocycles. The van der Waals surface area contributed by atoms with E-state index in [9.17, 15) is 22.0 Å². The van der Waals surface area contributed by atoms with Crippen LogP contribution in [0.2, 0.25) is 0 Å². The minimum atomic E-state index is -2.24. The van der Waals surface area contributed by atoms with Crippen LogP contribution in [0.3, 0.4) is 0 Å². The predicted molar refractivity (Wildman–Crippen MR) is 82.0 cm³/mol. The summed E-state index contributed by atoms with van der Waals surface area (Å²) in [6.45, 7) is 0. The summed E-state index contributed by atoms with van der Waals surface area (Å²) < 4.78 is 65.4. The Morgan fingerprint density at radius 3 is 1.48 bits per heavy atom. The van der Waals surface area contributed by atoms with E-state index in [0.29, 0.717) is 0 Å². The van der Waals surface area contributed by atoms with Gasteiger partial charge in [-0.1, -0.05) is 24.1 Å². The van der Waals surface area contributed by atoms with Crippen molar-refractivity contribution >= 4 is 0 Å². The van der Waals surface area contributed by atoms with Gasteiger partial charge in [0, 0.05) is 5.56 Å². The highest BCUT2D eigenvalue weighted by atomic mass is 19.2. The van der Waals surface area contributed by atoms with Gasteiger partial charge in [0.25, 0.3) is 0 Å². The molecule has 0 aliphatic rings. The standard InChI is InChI=1S/C20H5F5/c21-16-15(17(22)19(24)20(25)18(16)23)13-9-4-2-1-3-6-10-14-11-7-5-8-12-14/h5,7-8,11-12H. The first-order valence-corrected chi connectivity index (χ1v) is 6.61. The Morgan fingerprint density at radius 1 is 0.480 bits per heavy atom. The van der Waals surface area contributed by atoms with E-state index in [0.717, 1.165) is 5.56 Å². The molecule has 0 aromatic heterocycles. The molecule has 25 heavy (non-hydrogen) atoms. The zero-order valence-corrected chi connectivity index (χ0v) is 12.3. The maximum atomic E-state index is 13.3. The third-order valence-corrected chi connectivity index (χ3v) is 2.69. The van der Waals surface area contributed by atoms with E-state index >= 15 is 0 Å². The molecule has 0 spiro atoms. The first-order chi connectivity index (χ1) is 12.0. The van der Waals surface area contributed by atoms with Crippen LogP contribution in [0.4, 0.5) is 22.0 Å². The molecule has 0 nitrogen and oxygen atoms in total. The molecule has 0 heterocycles. The molecule has 2 aromatic rings. The van der Waals surface area contributed by atoms with Gasteiger partial charge in [-0.2, -0.15) is 0 Å². The third-order valence-electron chi connectivity index (χ3n) is 2.69. The summed E-state index contributed by atoms with van der Waals surface area (Å²) in [6, 6.07) is 9.04. The molecule has 0 radical (unpaired) electrons. The maximum absolute atomic E-state index is 13.3. The molecule has 5 heteroatoms. The molecule has 120 valence electrons. The highest BCUT2D eigenvalue weighted by Crippen LogP contribution is 2.21. The third kappa shape index (κ3) is 4.42. The predicted octanol–water partition coefficient (Wildman–Crippen LogP) is 3.79. The summed E-state index contributed by atoms with van der Waals surface area (Å²) in [7, 11) is 0. The average Bonchev–Trinajstić information content (AvgIpc) is 2.64. The van der Waals surface area contributed by atoms with Gasteiger partial charge in [-0.15, -0.1) is 0 Å². The van der Waals surface area contributed by atoms with E-state index in [2.05, 4.69) is 35.5 Å². The second kappa shape index (κ2) is 8.26. The first-order valence-electron chi connectivity index (χ1n) is 6.61. The van der Waals surface area contributed by atoms with Crippen molar-refractivity contribution in [3.63, 3.8) is 0 Å². The molecule has 0 atom stereocenters. The smallest absolute Gasteiger partial charge is 0.200 e. The summed E-state index contributed by atoms with van der Waals surface area (Å²) in [4.78, 5) is 0. The van der Waals surface area contributed by atoms with Crippen LogP contribution >= 0.6 is 0 Å². The van der Waals surface area contributed by atoms with Gasteiger partial charge in [0.1, 0.15) is 5.56 Å². The number of halogens is 5. The van der Waals surface area contributed by atoms with Crippen LogP contribution in [0.25, 0.3) is 0 Å². The lowest BCUT2D eigenvalue weighted by Gasteiger charge is -2.01. The fourth-order valence-electron chi connectivity index (χ4n) is 1.56. The van der Waals surface area contributed by atoms with Crippen molar-refractivity contribution in [2.75, 3.05) is 0 Å². The Morgan fingerprint density at radius 2 is 0.920 bits per heavy atom. The number of hydrogen-bond donors (Lipinski definition) is 0. The number of hydrogen-bond acceptors (Lipinski definition) is 0. The fourth-order valence-corrected chi connectivity index (χ4v) is 1.56. The average molecular weight is 340 g/mol. The largest absolute Gasteiger partial charge is 0.202 e. The van der Waals surface area contributed by atoms with Gasteiger partial charge < -0.3 is 0 Å². The summed E-state index contributed by atoms with van der Waals surface area (Å²) >= 11 is 0. The van der Waals surface area contributed by atoms with Crippen LogP contribution in [-0.4, -0.2) is 0 Å². The van der Waals surface area contributed by atoms with E-state index < -0.39 is 34.6 Å². The Balaban J connectivity index is 2.15. The Hall–Kier alpha value is -3.67. The van der Waals surface area contributed by atoms with Crippen LogP contribution in [0, 0.1) is 76.4 Å². The quantitative estimate of drug-likeness (QED) is 0.296. The van der Waals surface area contributed by atoms with Crippen LogP contribution in [-0.2, 0) is 0 Å². The van der Waals surface area contributed by atoms with E-state index in [1.165, 1.54) is 0 Å². The normalized spacial score (nSPS) is 8.52. The Kier molecular flexibility index (Phi) is 5.84. The van der Waals surface area contributed by atoms with Crippen LogP contribution in [0.1, 0.15) is 11.1 Å². The summed E-state index contributed by atoms with van der Waals surface area (Å²) in [5.41, 5.74) is -0.488. The molecule has 0 bridgehead atoms. The molecule has 0 unspecified atom stereocenters. The van der Waals surface area contributed by atoms with E-state index in [-0.39, 0.29) is 0 Å². The zero-order valence-electron chi connectivity index (χ0n) is 12.3. The maximum Gasteiger partial charge on any atom is 0.200 e. The second-order valence-electron chi connectivity index (χ2n) is 4.31. The Bertz CT molecular complexity index is 1020. The van der Waals surface area contributed by atoms with Gasteiger partial charge in [-0.3, -0.25) is 0 Å². The highest BCUT2D eigenvalue weighted by molar-refractivity contribution is 5.47. The molecule has 0 aliphatic heterocycles. The number of benzene rings is 2. The van der Waals surface area contributed by atoms with Crippen LogP contribution in [0.5, 0.6) is 0 Å². The van der Waals surface area contributed by atoms with Crippen molar-refractivity contribution in [1.29, 1.82) is 0 Å². The number of rotatable bonds is 0. The van der Waals surface area contributed by atoms with Crippen LogP contribution in [0.15, 0.2) is 30.3 Å². The fraction of sp³-hybridized carbons (Fsp3) is 0. The highest BCUT2D eigenvalue weighted by Gasteiger charge is 2.24. The molecule has 0 aliphatic carbocycles. The monoisotopic (exact) mass is 340 g/mol. The van der Waals surface area contributed by atoms with Gasteiger partial charge in [0.2, 0.25) is 5.82 Å². The van der Waals surface area contributed by atoms with Crippen molar-refractivity contribution in [3.8, 4) is 47.4 Å². The summed E-state index contributed by atoms with van der Waals surface area (Å²) in [5.74, 6) is 7.72. The van der Waals surface area contributed by atoms with Crippen molar-refractivity contribution < 1.29 is 22.0 Å². The molecule has 0 amide bonds. The minimum absolute atomic E-state index is 0.760. The molecule has 2 aromatic carbocycles.